The summed E-state index contributed by atoms with van der Waals surface area (Å²) in [5.41, 5.74) is 1.96. The number of hydrogen-bond donors (Lipinski definition) is 1. The van der Waals surface area contributed by atoms with Crippen LogP contribution in [0.15, 0.2) is 10.8 Å². The van der Waals surface area contributed by atoms with Crippen molar-refractivity contribution >= 4 is 32.9 Å². The zero-order valence-corrected chi connectivity index (χ0v) is 14.0. The van der Waals surface area contributed by atoms with Crippen molar-refractivity contribution in [2.75, 3.05) is 29.9 Å². The molecule has 110 valence electrons. The minimum absolute atomic E-state index is 0.976. The molecule has 2 heterocycles. The maximum absolute atomic E-state index is 4.69. The maximum atomic E-state index is 4.69. The number of hydrogen-bond acceptors (Lipinski definition) is 6. The van der Waals surface area contributed by atoms with Crippen molar-refractivity contribution in [3.8, 4) is 11.4 Å². The molecule has 20 heavy (non-hydrogen) atoms. The van der Waals surface area contributed by atoms with Crippen LogP contribution in [0.5, 0.6) is 0 Å². The second kappa shape index (κ2) is 7.59. The summed E-state index contributed by atoms with van der Waals surface area (Å²) in [6, 6.07) is 0. The fraction of sp³-hybridized carbons (Fsp3) is 0.571. The molecule has 6 heteroatoms. The Morgan fingerprint density at radius 1 is 1.05 bits per heavy atom. The molecule has 0 aromatic carbocycles. The van der Waals surface area contributed by atoms with Gasteiger partial charge in [-0.1, -0.05) is 13.3 Å². The monoisotopic (exact) mass is 310 g/mol. The molecule has 0 spiro atoms. The Morgan fingerprint density at radius 3 is 2.45 bits per heavy atom. The van der Waals surface area contributed by atoms with E-state index in [9.17, 15) is 0 Å². The van der Waals surface area contributed by atoms with Gasteiger partial charge in [-0.2, -0.15) is 0 Å². The van der Waals surface area contributed by atoms with Crippen LogP contribution in [0.25, 0.3) is 11.4 Å². The number of nitrogens with one attached hydrogen (secondary N) is 1. The van der Waals surface area contributed by atoms with E-state index >= 15 is 0 Å². The Balaban J connectivity index is 2.04. The molecule has 0 atom stereocenters. The number of unbranched alkanes of at least 4 members (excludes halogenated alkanes) is 1. The number of thiazole rings is 2. The van der Waals surface area contributed by atoms with Crippen molar-refractivity contribution < 1.29 is 0 Å². The normalized spacial score (nSPS) is 10.8. The van der Waals surface area contributed by atoms with E-state index in [1.54, 1.807) is 22.7 Å². The van der Waals surface area contributed by atoms with Gasteiger partial charge in [-0.05, 0) is 20.3 Å². The van der Waals surface area contributed by atoms with E-state index in [0.717, 1.165) is 41.3 Å². The fourth-order valence-electron chi connectivity index (χ4n) is 1.87. The van der Waals surface area contributed by atoms with E-state index in [1.807, 2.05) is 0 Å². The van der Waals surface area contributed by atoms with Gasteiger partial charge in [0.25, 0.3) is 0 Å². The van der Waals surface area contributed by atoms with E-state index < -0.39 is 0 Å². The molecule has 0 saturated heterocycles. The molecule has 0 radical (unpaired) electrons. The molecule has 0 saturated carbocycles. The van der Waals surface area contributed by atoms with E-state index in [4.69, 9.17) is 4.98 Å². The van der Waals surface area contributed by atoms with Crippen molar-refractivity contribution in [3.63, 3.8) is 0 Å². The Morgan fingerprint density at radius 2 is 1.75 bits per heavy atom. The Hall–Kier alpha value is -1.14. The van der Waals surface area contributed by atoms with Crippen LogP contribution in [-0.2, 0) is 0 Å². The van der Waals surface area contributed by atoms with Crippen molar-refractivity contribution in [1.29, 1.82) is 0 Å². The van der Waals surface area contributed by atoms with Crippen LogP contribution in [0.3, 0.4) is 0 Å². The summed E-state index contributed by atoms with van der Waals surface area (Å²) in [5, 5.41) is 9.61. The third kappa shape index (κ3) is 3.70. The average Bonchev–Trinajstić information content (AvgIpc) is 3.09. The largest absolute Gasteiger partial charge is 0.362 e. The van der Waals surface area contributed by atoms with Crippen LogP contribution in [0.1, 0.15) is 33.6 Å². The van der Waals surface area contributed by atoms with Gasteiger partial charge in [0, 0.05) is 30.4 Å². The van der Waals surface area contributed by atoms with E-state index in [1.165, 1.54) is 12.8 Å². The number of aromatic nitrogens is 2. The zero-order chi connectivity index (χ0) is 14.4. The van der Waals surface area contributed by atoms with E-state index in [2.05, 4.69) is 46.7 Å². The van der Waals surface area contributed by atoms with E-state index in [0.29, 0.717) is 0 Å². The maximum Gasteiger partial charge on any atom is 0.185 e. The molecular weight excluding hydrogens is 288 g/mol. The molecule has 0 aliphatic heterocycles. The molecule has 1 N–H and O–H groups in total. The molecule has 2 aromatic heterocycles. The van der Waals surface area contributed by atoms with Crippen LogP contribution >= 0.6 is 22.7 Å². The molecule has 4 nitrogen and oxygen atoms in total. The van der Waals surface area contributed by atoms with Gasteiger partial charge >= 0.3 is 0 Å². The van der Waals surface area contributed by atoms with Crippen molar-refractivity contribution in [2.24, 2.45) is 0 Å². The van der Waals surface area contributed by atoms with Crippen LogP contribution in [0.4, 0.5) is 10.3 Å². The van der Waals surface area contributed by atoms with Crippen molar-refractivity contribution in [1.82, 2.24) is 9.97 Å². The van der Waals surface area contributed by atoms with Crippen LogP contribution in [0.2, 0.25) is 0 Å². The van der Waals surface area contributed by atoms with Gasteiger partial charge in [0.1, 0.15) is 11.4 Å². The first-order chi connectivity index (χ1) is 9.78. The Labute approximate surface area is 128 Å². The van der Waals surface area contributed by atoms with Crippen molar-refractivity contribution in [3.05, 3.63) is 10.8 Å². The predicted molar refractivity (Wildman–Crippen MR) is 90.2 cm³/mol. The standard InChI is InChI=1S/C14H22N4S2/c1-4-7-8-15-13-16-11(9-19-13)12-10-20-14(17-12)18(5-2)6-3/h9-10H,4-8H2,1-3H3,(H,15,16). The molecule has 0 aliphatic rings. The Kier molecular flexibility index (Phi) is 5.79. The molecule has 0 fully saturated rings. The lowest BCUT2D eigenvalue weighted by Gasteiger charge is -2.16. The fourth-order valence-corrected chi connectivity index (χ4v) is 3.55. The second-order valence-corrected chi connectivity index (χ2v) is 6.20. The van der Waals surface area contributed by atoms with Gasteiger partial charge in [0.2, 0.25) is 0 Å². The highest BCUT2D eigenvalue weighted by Crippen LogP contribution is 2.29. The summed E-state index contributed by atoms with van der Waals surface area (Å²) >= 11 is 3.34. The Bertz CT molecular complexity index is 517. The third-order valence-corrected chi connectivity index (χ3v) is 4.80. The van der Waals surface area contributed by atoms with Crippen LogP contribution in [-0.4, -0.2) is 29.6 Å². The second-order valence-electron chi connectivity index (χ2n) is 4.51. The van der Waals surface area contributed by atoms with Gasteiger partial charge in [-0.15, -0.1) is 22.7 Å². The summed E-state index contributed by atoms with van der Waals surface area (Å²) in [6.45, 7) is 9.48. The highest BCUT2D eigenvalue weighted by molar-refractivity contribution is 7.14. The smallest absolute Gasteiger partial charge is 0.185 e. The minimum Gasteiger partial charge on any atom is -0.362 e. The average molecular weight is 310 g/mol. The predicted octanol–water partition coefficient (Wildman–Crippen LogP) is 4.32. The summed E-state index contributed by atoms with van der Waals surface area (Å²) < 4.78 is 0. The summed E-state index contributed by atoms with van der Waals surface area (Å²) in [7, 11) is 0. The third-order valence-electron chi connectivity index (χ3n) is 3.10. The number of nitrogens with zero attached hydrogens (tertiary/aromatic N) is 3. The summed E-state index contributed by atoms with van der Waals surface area (Å²) in [6.07, 6.45) is 2.38. The quantitative estimate of drug-likeness (QED) is 0.737. The van der Waals surface area contributed by atoms with Gasteiger partial charge in [0.15, 0.2) is 10.3 Å². The molecule has 0 bridgehead atoms. The lowest BCUT2D eigenvalue weighted by atomic mass is 10.3. The zero-order valence-electron chi connectivity index (χ0n) is 12.3. The molecule has 0 amide bonds. The van der Waals surface area contributed by atoms with Gasteiger partial charge in [-0.25, -0.2) is 9.97 Å². The van der Waals surface area contributed by atoms with Gasteiger partial charge in [0.05, 0.1) is 0 Å². The number of rotatable bonds is 8. The topological polar surface area (TPSA) is 41.1 Å². The highest BCUT2D eigenvalue weighted by Gasteiger charge is 2.11. The highest BCUT2D eigenvalue weighted by atomic mass is 32.1. The van der Waals surface area contributed by atoms with Gasteiger partial charge < -0.3 is 10.2 Å². The minimum atomic E-state index is 0.976. The lowest BCUT2D eigenvalue weighted by Crippen LogP contribution is -2.21. The SMILES string of the molecule is CCCCNc1nc(-c2csc(N(CC)CC)n2)cs1. The molecule has 0 unspecified atom stereocenters. The first kappa shape index (κ1) is 15.3. The molecular formula is C14H22N4S2. The summed E-state index contributed by atoms with van der Waals surface area (Å²) in [5.74, 6) is 0. The molecule has 2 rings (SSSR count). The van der Waals surface area contributed by atoms with Gasteiger partial charge in [-0.3, -0.25) is 0 Å². The summed E-state index contributed by atoms with van der Waals surface area (Å²) in [4.78, 5) is 11.6. The van der Waals surface area contributed by atoms with Crippen LogP contribution < -0.4 is 10.2 Å². The molecule has 0 aliphatic carbocycles. The van der Waals surface area contributed by atoms with E-state index in [-0.39, 0.29) is 0 Å². The first-order valence-corrected chi connectivity index (χ1v) is 8.94. The lowest BCUT2D eigenvalue weighted by molar-refractivity contribution is 0.833. The van der Waals surface area contributed by atoms with Crippen molar-refractivity contribution in [2.45, 2.75) is 33.6 Å². The number of anilines is 2. The molecule has 2 aromatic rings. The first-order valence-electron chi connectivity index (χ1n) is 7.18. The van der Waals surface area contributed by atoms with Crippen LogP contribution in [0, 0.1) is 0 Å².